The average molecular weight is 196 g/mol. The first-order chi connectivity index (χ1) is 6.68. The van der Waals surface area contributed by atoms with Crippen LogP contribution in [0.15, 0.2) is 0 Å². The maximum Gasteiger partial charge on any atom is 0.224 e. The van der Waals surface area contributed by atoms with Gasteiger partial charge in [0.05, 0.1) is 5.92 Å². The standard InChI is InChI=1S/C11H20N2O/c1-7-5-12-6-10(7)11(14)13-8(2)9-3-4-9/h7-10,12H,3-6H2,1-2H3,(H,13,14). The normalized spacial score (nSPS) is 34.1. The summed E-state index contributed by atoms with van der Waals surface area (Å²) in [6.07, 6.45) is 2.58. The number of hydrogen-bond acceptors (Lipinski definition) is 2. The predicted molar refractivity (Wildman–Crippen MR) is 55.9 cm³/mol. The van der Waals surface area contributed by atoms with Crippen LogP contribution in [0, 0.1) is 17.8 Å². The molecule has 1 aliphatic carbocycles. The highest BCUT2D eigenvalue weighted by Gasteiger charge is 2.33. The summed E-state index contributed by atoms with van der Waals surface area (Å²) in [7, 11) is 0. The molecular formula is C11H20N2O. The molecule has 1 amide bonds. The minimum Gasteiger partial charge on any atom is -0.353 e. The molecular weight excluding hydrogens is 176 g/mol. The Morgan fingerprint density at radius 3 is 2.64 bits per heavy atom. The summed E-state index contributed by atoms with van der Waals surface area (Å²) < 4.78 is 0. The van der Waals surface area contributed by atoms with Gasteiger partial charge in [0.1, 0.15) is 0 Å². The number of hydrogen-bond donors (Lipinski definition) is 2. The van der Waals surface area contributed by atoms with E-state index < -0.39 is 0 Å². The average Bonchev–Trinajstić information content (AvgIpc) is 2.89. The van der Waals surface area contributed by atoms with E-state index in [1.807, 2.05) is 0 Å². The van der Waals surface area contributed by atoms with Crippen LogP contribution in [0.2, 0.25) is 0 Å². The highest BCUT2D eigenvalue weighted by molar-refractivity contribution is 5.79. The number of carbonyl (C=O) groups is 1. The molecule has 2 N–H and O–H groups in total. The second kappa shape index (κ2) is 3.89. The number of carbonyl (C=O) groups excluding carboxylic acids is 1. The zero-order valence-electron chi connectivity index (χ0n) is 9.05. The number of rotatable bonds is 3. The zero-order valence-corrected chi connectivity index (χ0v) is 9.05. The van der Waals surface area contributed by atoms with Gasteiger partial charge in [-0.05, 0) is 38.1 Å². The summed E-state index contributed by atoms with van der Waals surface area (Å²) in [5, 5.41) is 6.40. The summed E-state index contributed by atoms with van der Waals surface area (Å²) in [4.78, 5) is 11.8. The summed E-state index contributed by atoms with van der Waals surface area (Å²) in [6.45, 7) is 6.11. The van der Waals surface area contributed by atoms with Crippen LogP contribution in [0.25, 0.3) is 0 Å². The maximum absolute atomic E-state index is 11.8. The Morgan fingerprint density at radius 2 is 2.14 bits per heavy atom. The second-order valence-electron chi connectivity index (χ2n) is 4.88. The van der Waals surface area contributed by atoms with Crippen molar-refractivity contribution in [3.05, 3.63) is 0 Å². The molecule has 1 saturated carbocycles. The van der Waals surface area contributed by atoms with Gasteiger partial charge in [0.2, 0.25) is 5.91 Å². The van der Waals surface area contributed by atoms with Crippen molar-refractivity contribution in [3.63, 3.8) is 0 Å². The van der Waals surface area contributed by atoms with Crippen molar-refractivity contribution in [1.82, 2.24) is 10.6 Å². The van der Waals surface area contributed by atoms with Crippen molar-refractivity contribution >= 4 is 5.91 Å². The first kappa shape index (κ1) is 9.97. The molecule has 3 atom stereocenters. The summed E-state index contributed by atoms with van der Waals surface area (Å²) in [5.41, 5.74) is 0. The van der Waals surface area contributed by atoms with Gasteiger partial charge in [-0.1, -0.05) is 6.92 Å². The van der Waals surface area contributed by atoms with E-state index in [-0.39, 0.29) is 11.8 Å². The third kappa shape index (κ3) is 2.08. The Kier molecular flexibility index (Phi) is 2.77. The molecule has 2 rings (SSSR count). The summed E-state index contributed by atoms with van der Waals surface area (Å²) in [6, 6.07) is 0.385. The van der Waals surface area contributed by atoms with Crippen LogP contribution in [0.1, 0.15) is 26.7 Å². The lowest BCUT2D eigenvalue weighted by Crippen LogP contribution is -2.40. The van der Waals surface area contributed by atoms with Gasteiger partial charge < -0.3 is 10.6 Å². The van der Waals surface area contributed by atoms with Crippen molar-refractivity contribution in [1.29, 1.82) is 0 Å². The summed E-state index contributed by atoms with van der Waals surface area (Å²) >= 11 is 0. The van der Waals surface area contributed by atoms with Gasteiger partial charge in [0, 0.05) is 12.6 Å². The van der Waals surface area contributed by atoms with Crippen LogP contribution in [-0.4, -0.2) is 25.0 Å². The molecule has 2 aliphatic rings. The molecule has 1 saturated heterocycles. The molecule has 80 valence electrons. The Morgan fingerprint density at radius 1 is 1.43 bits per heavy atom. The molecule has 0 aromatic carbocycles. The number of amides is 1. The van der Waals surface area contributed by atoms with Gasteiger partial charge >= 0.3 is 0 Å². The van der Waals surface area contributed by atoms with Crippen LogP contribution >= 0.6 is 0 Å². The van der Waals surface area contributed by atoms with E-state index in [1.54, 1.807) is 0 Å². The van der Waals surface area contributed by atoms with Crippen molar-refractivity contribution < 1.29 is 4.79 Å². The van der Waals surface area contributed by atoms with Crippen LogP contribution in [-0.2, 0) is 4.79 Å². The largest absolute Gasteiger partial charge is 0.353 e. The van der Waals surface area contributed by atoms with Crippen LogP contribution in [0.3, 0.4) is 0 Å². The van der Waals surface area contributed by atoms with E-state index in [9.17, 15) is 4.79 Å². The fourth-order valence-corrected chi connectivity index (χ4v) is 2.21. The monoisotopic (exact) mass is 196 g/mol. The minimum absolute atomic E-state index is 0.191. The van der Waals surface area contributed by atoms with Crippen molar-refractivity contribution in [2.75, 3.05) is 13.1 Å². The van der Waals surface area contributed by atoms with Crippen LogP contribution in [0.4, 0.5) is 0 Å². The molecule has 0 radical (unpaired) electrons. The van der Waals surface area contributed by atoms with Gasteiger partial charge in [-0.3, -0.25) is 4.79 Å². The smallest absolute Gasteiger partial charge is 0.224 e. The molecule has 2 fully saturated rings. The first-order valence-corrected chi connectivity index (χ1v) is 5.69. The van der Waals surface area contributed by atoms with Gasteiger partial charge in [0.15, 0.2) is 0 Å². The van der Waals surface area contributed by atoms with Crippen LogP contribution in [0.5, 0.6) is 0 Å². The van der Waals surface area contributed by atoms with E-state index in [4.69, 9.17) is 0 Å². The van der Waals surface area contributed by atoms with Crippen LogP contribution < -0.4 is 10.6 Å². The number of nitrogens with one attached hydrogen (secondary N) is 2. The molecule has 3 unspecified atom stereocenters. The predicted octanol–water partition coefficient (Wildman–Crippen LogP) is 0.757. The highest BCUT2D eigenvalue weighted by atomic mass is 16.2. The van der Waals surface area contributed by atoms with Gasteiger partial charge in [-0.25, -0.2) is 0 Å². The van der Waals surface area contributed by atoms with Gasteiger partial charge in [-0.2, -0.15) is 0 Å². The Bertz CT molecular complexity index is 225. The maximum atomic E-state index is 11.8. The summed E-state index contributed by atoms with van der Waals surface area (Å²) in [5.74, 6) is 1.68. The minimum atomic E-state index is 0.191. The van der Waals surface area contributed by atoms with E-state index in [2.05, 4.69) is 24.5 Å². The Balaban J connectivity index is 1.81. The topological polar surface area (TPSA) is 41.1 Å². The van der Waals surface area contributed by atoms with E-state index in [0.717, 1.165) is 19.0 Å². The lowest BCUT2D eigenvalue weighted by atomic mass is 9.97. The Hall–Kier alpha value is -0.570. The quantitative estimate of drug-likeness (QED) is 0.699. The lowest BCUT2D eigenvalue weighted by molar-refractivity contribution is -0.126. The molecule has 0 bridgehead atoms. The molecule has 3 nitrogen and oxygen atoms in total. The second-order valence-corrected chi connectivity index (χ2v) is 4.88. The molecule has 1 aliphatic heterocycles. The van der Waals surface area contributed by atoms with Crippen molar-refractivity contribution in [2.24, 2.45) is 17.8 Å². The van der Waals surface area contributed by atoms with Crippen molar-refractivity contribution in [3.8, 4) is 0 Å². The Labute approximate surface area is 85.6 Å². The molecule has 0 spiro atoms. The van der Waals surface area contributed by atoms with Crippen molar-refractivity contribution in [2.45, 2.75) is 32.7 Å². The fourth-order valence-electron chi connectivity index (χ4n) is 2.21. The molecule has 3 heteroatoms. The molecule has 0 aromatic heterocycles. The lowest BCUT2D eigenvalue weighted by Gasteiger charge is -2.18. The third-order valence-electron chi connectivity index (χ3n) is 3.55. The van der Waals surface area contributed by atoms with E-state index >= 15 is 0 Å². The SMILES string of the molecule is CC1CNCC1C(=O)NC(C)C1CC1. The zero-order chi connectivity index (χ0) is 10.1. The van der Waals surface area contributed by atoms with Gasteiger partial charge in [0.25, 0.3) is 0 Å². The molecule has 0 aromatic rings. The van der Waals surface area contributed by atoms with E-state index in [0.29, 0.717) is 12.0 Å². The third-order valence-corrected chi connectivity index (χ3v) is 3.55. The fraction of sp³-hybridized carbons (Fsp3) is 0.909. The van der Waals surface area contributed by atoms with E-state index in [1.165, 1.54) is 12.8 Å². The first-order valence-electron chi connectivity index (χ1n) is 5.69. The van der Waals surface area contributed by atoms with Gasteiger partial charge in [-0.15, -0.1) is 0 Å². The molecule has 1 heterocycles. The molecule has 14 heavy (non-hydrogen) atoms. The highest BCUT2D eigenvalue weighted by Crippen LogP contribution is 2.32.